The summed E-state index contributed by atoms with van der Waals surface area (Å²) in [6.07, 6.45) is 3.18. The number of nitrogens with one attached hydrogen (secondary N) is 1. The normalized spacial score (nSPS) is 11.9. The number of carbonyl (C=O) groups is 1. The van der Waals surface area contributed by atoms with E-state index < -0.39 is 0 Å². The number of hydrogen-bond acceptors (Lipinski definition) is 4. The molecular weight excluding hydrogens is 475 g/mol. The second-order valence-corrected chi connectivity index (χ2v) is 8.93. The van der Waals surface area contributed by atoms with E-state index in [4.69, 9.17) is 28.2 Å². The molecule has 1 amide bonds. The molecule has 4 rings (SSSR count). The maximum atomic E-state index is 12.3. The van der Waals surface area contributed by atoms with E-state index in [0.29, 0.717) is 16.6 Å². The lowest BCUT2D eigenvalue weighted by atomic mass is 10.2. The van der Waals surface area contributed by atoms with Gasteiger partial charge in [0.05, 0.1) is 34.6 Å². The number of aromatic nitrogens is 2. The lowest BCUT2D eigenvalue weighted by Crippen LogP contribution is -2.20. The molecule has 0 atom stereocenters. The number of fused-ring (bicyclic) bond motifs is 1. The second kappa shape index (κ2) is 11.2. The Bertz CT molecular complexity index is 1300. The van der Waals surface area contributed by atoms with E-state index in [1.165, 1.54) is 18.0 Å². The van der Waals surface area contributed by atoms with Gasteiger partial charge in [-0.3, -0.25) is 4.79 Å². The fraction of sp³-hybridized carbons (Fsp3) is 0.0800. The Morgan fingerprint density at radius 2 is 1.76 bits per heavy atom. The molecule has 0 aliphatic rings. The summed E-state index contributed by atoms with van der Waals surface area (Å²) in [5, 5.41) is 5.81. The van der Waals surface area contributed by atoms with Crippen LogP contribution in [0.3, 0.4) is 0 Å². The summed E-state index contributed by atoms with van der Waals surface area (Å²) < 4.78 is 2.10. The van der Waals surface area contributed by atoms with E-state index >= 15 is 0 Å². The van der Waals surface area contributed by atoms with Gasteiger partial charge in [0.25, 0.3) is 5.91 Å². The summed E-state index contributed by atoms with van der Waals surface area (Å²) in [7, 11) is 0. The van der Waals surface area contributed by atoms with Crippen molar-refractivity contribution < 1.29 is 4.79 Å². The van der Waals surface area contributed by atoms with Gasteiger partial charge in [-0.2, -0.15) is 5.10 Å². The number of allylic oxidation sites excluding steroid dienone is 1. The Morgan fingerprint density at radius 3 is 2.55 bits per heavy atom. The van der Waals surface area contributed by atoms with Gasteiger partial charge in [0.15, 0.2) is 5.16 Å². The van der Waals surface area contributed by atoms with Crippen LogP contribution in [0.2, 0.25) is 5.02 Å². The Hall–Kier alpha value is -3.06. The molecule has 0 saturated heterocycles. The van der Waals surface area contributed by atoms with Crippen LogP contribution in [-0.2, 0) is 11.3 Å². The molecule has 0 bridgehead atoms. The predicted molar refractivity (Wildman–Crippen MR) is 138 cm³/mol. The fourth-order valence-electron chi connectivity index (χ4n) is 3.16. The van der Waals surface area contributed by atoms with Crippen LogP contribution in [0.1, 0.15) is 11.1 Å². The molecule has 0 fully saturated rings. The highest BCUT2D eigenvalue weighted by Crippen LogP contribution is 2.25. The van der Waals surface area contributed by atoms with E-state index in [1.54, 1.807) is 6.08 Å². The first-order valence-corrected chi connectivity index (χ1v) is 11.9. The number of thioether (sulfide) groups is 1. The number of hydrazone groups is 1. The van der Waals surface area contributed by atoms with Crippen LogP contribution in [-0.4, -0.2) is 27.4 Å². The number of nitrogens with zero attached hydrogens (tertiary/aromatic N) is 3. The van der Waals surface area contributed by atoms with Gasteiger partial charge < -0.3 is 4.57 Å². The zero-order chi connectivity index (χ0) is 23.0. The second-order valence-electron chi connectivity index (χ2n) is 7.12. The average molecular weight is 495 g/mol. The SMILES string of the molecule is O=C(CSc1nc2ccccc2n1Cc1ccc(Cl)cc1)N/N=C\C(Cl)=C\c1ccccc1. The van der Waals surface area contributed by atoms with Crippen LogP contribution in [0.15, 0.2) is 94.2 Å². The third-order valence-corrected chi connectivity index (χ3v) is 6.12. The van der Waals surface area contributed by atoms with Gasteiger partial charge in [-0.15, -0.1) is 0 Å². The molecule has 0 aliphatic carbocycles. The summed E-state index contributed by atoms with van der Waals surface area (Å²) in [5.74, 6) is -0.0769. The summed E-state index contributed by atoms with van der Waals surface area (Å²) in [4.78, 5) is 17.0. The largest absolute Gasteiger partial charge is 0.314 e. The smallest absolute Gasteiger partial charge is 0.250 e. The highest BCUT2D eigenvalue weighted by molar-refractivity contribution is 7.99. The summed E-state index contributed by atoms with van der Waals surface area (Å²) >= 11 is 13.5. The van der Waals surface area contributed by atoms with Crippen LogP contribution >= 0.6 is 35.0 Å². The molecule has 0 aliphatic heterocycles. The molecule has 4 aromatic rings. The molecule has 0 spiro atoms. The van der Waals surface area contributed by atoms with Gasteiger partial charge in [0, 0.05) is 5.02 Å². The molecule has 3 aromatic carbocycles. The van der Waals surface area contributed by atoms with Crippen molar-refractivity contribution in [2.24, 2.45) is 5.10 Å². The van der Waals surface area contributed by atoms with Gasteiger partial charge in [-0.25, -0.2) is 10.4 Å². The first-order valence-electron chi connectivity index (χ1n) is 10.1. The first-order chi connectivity index (χ1) is 16.1. The fourth-order valence-corrected chi connectivity index (χ4v) is 4.27. The van der Waals surface area contributed by atoms with E-state index in [-0.39, 0.29) is 11.7 Å². The Kier molecular flexibility index (Phi) is 7.83. The van der Waals surface area contributed by atoms with E-state index in [2.05, 4.69) is 15.1 Å². The number of benzene rings is 3. The van der Waals surface area contributed by atoms with Crippen LogP contribution in [0.25, 0.3) is 17.1 Å². The monoisotopic (exact) mass is 494 g/mol. The van der Waals surface area contributed by atoms with Crippen LogP contribution in [0, 0.1) is 0 Å². The van der Waals surface area contributed by atoms with Gasteiger partial charge in [0.1, 0.15) is 0 Å². The maximum absolute atomic E-state index is 12.3. The number of rotatable bonds is 8. The topological polar surface area (TPSA) is 59.3 Å². The van der Waals surface area contributed by atoms with Crippen molar-refractivity contribution in [2.45, 2.75) is 11.7 Å². The van der Waals surface area contributed by atoms with E-state index in [0.717, 1.165) is 27.3 Å². The number of carbonyl (C=O) groups excluding carboxylic acids is 1. The van der Waals surface area contributed by atoms with Crippen LogP contribution < -0.4 is 5.43 Å². The quantitative estimate of drug-likeness (QED) is 0.180. The number of halogens is 2. The molecule has 5 nitrogen and oxygen atoms in total. The summed E-state index contributed by atoms with van der Waals surface area (Å²) in [6.45, 7) is 0.625. The highest BCUT2D eigenvalue weighted by Gasteiger charge is 2.13. The highest BCUT2D eigenvalue weighted by atomic mass is 35.5. The van der Waals surface area contributed by atoms with Crippen molar-refractivity contribution >= 4 is 64.2 Å². The molecule has 1 N–H and O–H groups in total. The minimum Gasteiger partial charge on any atom is -0.314 e. The Morgan fingerprint density at radius 1 is 1.03 bits per heavy atom. The van der Waals surface area contributed by atoms with Crippen molar-refractivity contribution in [1.29, 1.82) is 0 Å². The Balaban J connectivity index is 1.40. The van der Waals surface area contributed by atoms with Crippen molar-refractivity contribution in [1.82, 2.24) is 15.0 Å². The van der Waals surface area contributed by atoms with E-state index in [1.807, 2.05) is 78.9 Å². The Labute approximate surface area is 206 Å². The molecule has 0 saturated carbocycles. The predicted octanol–water partition coefficient (Wildman–Crippen LogP) is 6.21. The van der Waals surface area contributed by atoms with E-state index in [9.17, 15) is 4.79 Å². The molecule has 33 heavy (non-hydrogen) atoms. The molecule has 0 unspecified atom stereocenters. The zero-order valence-electron chi connectivity index (χ0n) is 17.5. The van der Waals surface area contributed by atoms with Gasteiger partial charge in [0.2, 0.25) is 0 Å². The number of hydrogen-bond donors (Lipinski definition) is 1. The summed E-state index contributed by atoms with van der Waals surface area (Å²) in [5.41, 5.74) is 6.45. The average Bonchev–Trinajstić information content (AvgIpc) is 3.17. The minimum absolute atomic E-state index is 0.168. The van der Waals surface area contributed by atoms with Gasteiger partial charge in [-0.1, -0.05) is 89.6 Å². The maximum Gasteiger partial charge on any atom is 0.250 e. The number of amides is 1. The van der Waals surface area contributed by atoms with Crippen molar-refractivity contribution in [3.05, 3.63) is 100 Å². The number of para-hydroxylation sites is 2. The molecule has 166 valence electrons. The van der Waals surface area contributed by atoms with Gasteiger partial charge in [-0.05, 0) is 41.5 Å². The molecule has 0 radical (unpaired) electrons. The third-order valence-electron chi connectivity index (χ3n) is 4.69. The zero-order valence-corrected chi connectivity index (χ0v) is 19.8. The minimum atomic E-state index is -0.245. The van der Waals surface area contributed by atoms with Gasteiger partial charge >= 0.3 is 0 Å². The standard InChI is InChI=1S/C25H20Cl2N4OS/c26-20-12-10-19(11-13-20)16-31-23-9-5-4-8-22(23)29-25(31)33-17-24(32)30-28-15-21(27)14-18-6-2-1-3-7-18/h1-15H,16-17H2,(H,30,32)/b21-14-,28-15-. The molecular formula is C25H20Cl2N4OS. The molecule has 1 aromatic heterocycles. The first kappa shape index (κ1) is 23.1. The number of imidazole rings is 1. The van der Waals surface area contributed by atoms with Crippen LogP contribution in [0.5, 0.6) is 0 Å². The molecule has 8 heteroatoms. The summed E-state index contributed by atoms with van der Waals surface area (Å²) in [6, 6.07) is 25.3. The van der Waals surface area contributed by atoms with Crippen LogP contribution in [0.4, 0.5) is 0 Å². The third kappa shape index (κ3) is 6.48. The lowest BCUT2D eigenvalue weighted by molar-refractivity contribution is -0.118. The molecule has 1 heterocycles. The van der Waals surface area contributed by atoms with Crippen molar-refractivity contribution in [3.8, 4) is 0 Å². The van der Waals surface area contributed by atoms with Crippen molar-refractivity contribution in [2.75, 3.05) is 5.75 Å². The van der Waals surface area contributed by atoms with Crippen molar-refractivity contribution in [3.63, 3.8) is 0 Å². The lowest BCUT2D eigenvalue weighted by Gasteiger charge is -2.09.